The van der Waals surface area contributed by atoms with Gasteiger partial charge in [-0.1, -0.05) is 0 Å². The van der Waals surface area contributed by atoms with Gasteiger partial charge in [0, 0.05) is 19.7 Å². The SMILES string of the molecule is CC(O)CCN(C)C(=O)Nc1cc(F)ccc1OC(F)F. The summed E-state index contributed by atoms with van der Waals surface area (Å²) in [6.07, 6.45) is -0.222. The fourth-order valence-corrected chi connectivity index (χ4v) is 1.49. The average molecular weight is 306 g/mol. The summed E-state index contributed by atoms with van der Waals surface area (Å²) in [5, 5.41) is 11.4. The van der Waals surface area contributed by atoms with E-state index < -0.39 is 24.6 Å². The second kappa shape index (κ2) is 7.72. The third kappa shape index (κ3) is 5.90. The van der Waals surface area contributed by atoms with Gasteiger partial charge in [-0.25, -0.2) is 9.18 Å². The Morgan fingerprint density at radius 2 is 2.14 bits per heavy atom. The van der Waals surface area contributed by atoms with Crippen molar-refractivity contribution in [2.45, 2.75) is 26.1 Å². The summed E-state index contributed by atoms with van der Waals surface area (Å²) in [5.74, 6) is -1.03. The van der Waals surface area contributed by atoms with Crippen molar-refractivity contribution in [3.63, 3.8) is 0 Å². The van der Waals surface area contributed by atoms with Crippen LogP contribution < -0.4 is 10.1 Å². The summed E-state index contributed by atoms with van der Waals surface area (Å²) in [4.78, 5) is 13.1. The van der Waals surface area contributed by atoms with Crippen molar-refractivity contribution in [3.05, 3.63) is 24.0 Å². The minimum Gasteiger partial charge on any atom is -0.433 e. The maximum absolute atomic E-state index is 13.1. The second-order valence-corrected chi connectivity index (χ2v) is 4.51. The summed E-state index contributed by atoms with van der Waals surface area (Å²) < 4.78 is 41.8. The van der Waals surface area contributed by atoms with Crippen molar-refractivity contribution in [2.24, 2.45) is 0 Å². The van der Waals surface area contributed by atoms with Gasteiger partial charge in [0.05, 0.1) is 11.8 Å². The third-order valence-corrected chi connectivity index (χ3v) is 2.63. The van der Waals surface area contributed by atoms with Gasteiger partial charge in [0.25, 0.3) is 0 Å². The molecule has 1 aromatic carbocycles. The summed E-state index contributed by atoms with van der Waals surface area (Å²) >= 11 is 0. The van der Waals surface area contributed by atoms with Gasteiger partial charge >= 0.3 is 12.6 Å². The van der Waals surface area contributed by atoms with E-state index in [9.17, 15) is 18.0 Å². The van der Waals surface area contributed by atoms with E-state index in [-0.39, 0.29) is 18.0 Å². The Morgan fingerprint density at radius 1 is 1.48 bits per heavy atom. The molecule has 0 aliphatic heterocycles. The maximum Gasteiger partial charge on any atom is 0.387 e. The topological polar surface area (TPSA) is 61.8 Å². The summed E-state index contributed by atoms with van der Waals surface area (Å²) in [5.41, 5.74) is -0.191. The van der Waals surface area contributed by atoms with Gasteiger partial charge in [0.1, 0.15) is 11.6 Å². The lowest BCUT2D eigenvalue weighted by molar-refractivity contribution is -0.0494. The van der Waals surface area contributed by atoms with Crippen LogP contribution in [-0.4, -0.2) is 42.3 Å². The second-order valence-electron chi connectivity index (χ2n) is 4.51. The number of carbonyl (C=O) groups excluding carboxylic acids is 1. The molecule has 118 valence electrons. The fourth-order valence-electron chi connectivity index (χ4n) is 1.49. The molecule has 2 N–H and O–H groups in total. The first kappa shape index (κ1) is 17.1. The lowest BCUT2D eigenvalue weighted by Crippen LogP contribution is -2.33. The lowest BCUT2D eigenvalue weighted by atomic mass is 10.2. The van der Waals surface area contributed by atoms with Crippen LogP contribution in [0.2, 0.25) is 0 Å². The molecule has 1 unspecified atom stereocenters. The molecule has 0 aliphatic rings. The number of halogens is 3. The number of rotatable bonds is 6. The lowest BCUT2D eigenvalue weighted by Gasteiger charge is -2.20. The highest BCUT2D eigenvalue weighted by Gasteiger charge is 2.15. The van der Waals surface area contributed by atoms with Crippen LogP contribution >= 0.6 is 0 Å². The zero-order valence-corrected chi connectivity index (χ0v) is 11.6. The Labute approximate surface area is 120 Å². The summed E-state index contributed by atoms with van der Waals surface area (Å²) in [7, 11) is 1.46. The van der Waals surface area contributed by atoms with E-state index in [4.69, 9.17) is 5.11 Å². The van der Waals surface area contributed by atoms with E-state index >= 15 is 0 Å². The summed E-state index contributed by atoms with van der Waals surface area (Å²) in [6, 6.07) is 2.22. The van der Waals surface area contributed by atoms with Crippen molar-refractivity contribution in [1.29, 1.82) is 0 Å². The van der Waals surface area contributed by atoms with E-state index in [1.54, 1.807) is 6.92 Å². The van der Waals surface area contributed by atoms with Crippen molar-refractivity contribution in [2.75, 3.05) is 18.9 Å². The first-order valence-corrected chi connectivity index (χ1v) is 6.24. The van der Waals surface area contributed by atoms with Crippen LogP contribution in [0.15, 0.2) is 18.2 Å². The van der Waals surface area contributed by atoms with Crippen LogP contribution in [0.1, 0.15) is 13.3 Å². The first-order valence-electron chi connectivity index (χ1n) is 6.24. The molecule has 1 rings (SSSR count). The molecule has 0 aliphatic carbocycles. The average Bonchev–Trinajstić information content (AvgIpc) is 2.38. The quantitative estimate of drug-likeness (QED) is 0.849. The maximum atomic E-state index is 13.1. The van der Waals surface area contributed by atoms with Crippen LogP contribution in [0.25, 0.3) is 0 Å². The van der Waals surface area contributed by atoms with Crippen LogP contribution in [-0.2, 0) is 0 Å². The molecule has 0 spiro atoms. The largest absolute Gasteiger partial charge is 0.433 e. The van der Waals surface area contributed by atoms with Gasteiger partial charge in [-0.05, 0) is 25.5 Å². The minimum absolute atomic E-state index is 0.191. The number of hydrogen-bond acceptors (Lipinski definition) is 3. The Balaban J connectivity index is 2.76. The number of ether oxygens (including phenoxy) is 1. The number of benzene rings is 1. The number of nitrogens with one attached hydrogen (secondary N) is 1. The highest BCUT2D eigenvalue weighted by atomic mass is 19.3. The number of anilines is 1. The van der Waals surface area contributed by atoms with E-state index in [1.165, 1.54) is 11.9 Å². The number of aliphatic hydroxyl groups excluding tert-OH is 1. The number of amides is 2. The number of alkyl halides is 2. The van der Waals surface area contributed by atoms with E-state index in [0.29, 0.717) is 6.42 Å². The molecular formula is C13H17F3N2O3. The summed E-state index contributed by atoms with van der Waals surface area (Å²) in [6.45, 7) is -1.25. The number of urea groups is 1. The van der Waals surface area contributed by atoms with E-state index in [1.807, 2.05) is 0 Å². The predicted octanol–water partition coefficient (Wildman–Crippen LogP) is 2.66. The molecule has 5 nitrogen and oxygen atoms in total. The monoisotopic (exact) mass is 306 g/mol. The highest BCUT2D eigenvalue weighted by Crippen LogP contribution is 2.27. The molecule has 2 amide bonds. The molecule has 1 atom stereocenters. The molecule has 1 aromatic rings. The molecule has 0 saturated carbocycles. The molecule has 0 fully saturated rings. The van der Waals surface area contributed by atoms with Gasteiger partial charge in [-0.2, -0.15) is 8.78 Å². The van der Waals surface area contributed by atoms with Crippen molar-refractivity contribution in [1.82, 2.24) is 4.90 Å². The molecule has 8 heteroatoms. The van der Waals surface area contributed by atoms with Crippen LogP contribution in [0.3, 0.4) is 0 Å². The number of hydrogen-bond donors (Lipinski definition) is 2. The molecule has 0 heterocycles. The Hall–Kier alpha value is -1.96. The normalized spacial score (nSPS) is 12.1. The van der Waals surface area contributed by atoms with Gasteiger partial charge in [-0.3, -0.25) is 0 Å². The Kier molecular flexibility index (Phi) is 6.29. The standard InChI is InChI=1S/C13H17F3N2O3/c1-8(19)5-6-18(2)13(20)17-10-7-9(14)3-4-11(10)21-12(15)16/h3-4,7-8,12,19H,5-6H2,1-2H3,(H,17,20). The number of aliphatic hydroxyl groups is 1. The molecule has 0 bridgehead atoms. The van der Waals surface area contributed by atoms with Gasteiger partial charge < -0.3 is 20.1 Å². The zero-order chi connectivity index (χ0) is 16.0. The Morgan fingerprint density at radius 3 is 2.71 bits per heavy atom. The van der Waals surface area contributed by atoms with Crippen LogP contribution in [0.5, 0.6) is 5.75 Å². The van der Waals surface area contributed by atoms with Crippen molar-refractivity contribution < 1.29 is 27.8 Å². The Bertz CT molecular complexity index is 484. The third-order valence-electron chi connectivity index (χ3n) is 2.63. The smallest absolute Gasteiger partial charge is 0.387 e. The van der Waals surface area contributed by atoms with Crippen molar-refractivity contribution >= 4 is 11.7 Å². The van der Waals surface area contributed by atoms with Gasteiger partial charge in [-0.15, -0.1) is 0 Å². The highest BCUT2D eigenvalue weighted by molar-refractivity contribution is 5.90. The predicted molar refractivity (Wildman–Crippen MR) is 71.0 cm³/mol. The van der Waals surface area contributed by atoms with Gasteiger partial charge in [0.2, 0.25) is 0 Å². The van der Waals surface area contributed by atoms with Crippen LogP contribution in [0, 0.1) is 5.82 Å². The zero-order valence-electron chi connectivity index (χ0n) is 11.6. The molecular weight excluding hydrogens is 289 g/mol. The van der Waals surface area contributed by atoms with E-state index in [2.05, 4.69) is 10.1 Å². The van der Waals surface area contributed by atoms with Crippen molar-refractivity contribution in [3.8, 4) is 5.75 Å². The minimum atomic E-state index is -3.08. The molecule has 0 saturated heterocycles. The molecule has 0 aromatic heterocycles. The molecule has 21 heavy (non-hydrogen) atoms. The van der Waals surface area contributed by atoms with Gasteiger partial charge in [0.15, 0.2) is 0 Å². The van der Waals surface area contributed by atoms with Crippen LogP contribution in [0.4, 0.5) is 23.7 Å². The number of nitrogens with zero attached hydrogens (tertiary/aromatic N) is 1. The fraction of sp³-hybridized carbons (Fsp3) is 0.462. The molecule has 0 radical (unpaired) electrons. The number of carbonyl (C=O) groups is 1. The first-order chi connectivity index (χ1) is 9.79. The van der Waals surface area contributed by atoms with E-state index in [0.717, 1.165) is 18.2 Å².